The first-order chi connectivity index (χ1) is 12.7. The van der Waals surface area contributed by atoms with Gasteiger partial charge in [0.15, 0.2) is 0 Å². The summed E-state index contributed by atoms with van der Waals surface area (Å²) in [6.07, 6.45) is 0. The van der Waals surface area contributed by atoms with Gasteiger partial charge in [-0.2, -0.15) is 0 Å². The lowest BCUT2D eigenvalue weighted by Gasteiger charge is -2.27. The van der Waals surface area contributed by atoms with E-state index in [2.05, 4.69) is 33.0 Å². The number of rotatable bonds is 6. The predicted octanol–water partition coefficient (Wildman–Crippen LogP) is 1.62. The zero-order chi connectivity index (χ0) is 19.9. The van der Waals surface area contributed by atoms with Gasteiger partial charge < -0.3 is 15.4 Å². The summed E-state index contributed by atoms with van der Waals surface area (Å²) in [5.41, 5.74) is 2.01. The average molecular weight is 377 g/mol. The number of amides is 3. The van der Waals surface area contributed by atoms with E-state index < -0.39 is 12.1 Å². The van der Waals surface area contributed by atoms with Gasteiger partial charge in [-0.25, -0.2) is 4.79 Å². The highest BCUT2D eigenvalue weighted by Crippen LogP contribution is 2.13. The topological polar surface area (TPSA) is 82.7 Å². The van der Waals surface area contributed by atoms with Crippen LogP contribution in [0.15, 0.2) is 24.3 Å². The molecular formula is C20H32N4O3. The third-order valence-electron chi connectivity index (χ3n) is 4.33. The summed E-state index contributed by atoms with van der Waals surface area (Å²) in [6.45, 7) is 12.2. The lowest BCUT2D eigenvalue weighted by molar-refractivity contribution is -0.121. The average Bonchev–Trinajstić information content (AvgIpc) is 2.60. The standard InChI is InChI=1S/C20H32N4O3/c1-15(18(25)22-19(26)23-20(2,3)4)21-13-16-7-5-6-8-17(16)14-24-9-11-27-12-10-24/h5-8,15,21H,9-14H2,1-4H3,(H2,22,23,25,26). The Labute approximate surface area is 161 Å². The quantitative estimate of drug-likeness (QED) is 0.703. The molecule has 1 saturated heterocycles. The van der Waals surface area contributed by atoms with Crippen LogP contribution >= 0.6 is 0 Å². The number of imide groups is 1. The van der Waals surface area contributed by atoms with Crippen molar-refractivity contribution in [1.29, 1.82) is 0 Å². The molecule has 0 aromatic heterocycles. The summed E-state index contributed by atoms with van der Waals surface area (Å²) in [7, 11) is 0. The smallest absolute Gasteiger partial charge is 0.321 e. The van der Waals surface area contributed by atoms with Gasteiger partial charge in [-0.05, 0) is 38.8 Å². The van der Waals surface area contributed by atoms with Crippen molar-refractivity contribution in [3.05, 3.63) is 35.4 Å². The van der Waals surface area contributed by atoms with Crippen LogP contribution in [-0.4, -0.2) is 54.7 Å². The van der Waals surface area contributed by atoms with Crippen molar-refractivity contribution in [2.45, 2.75) is 52.4 Å². The Morgan fingerprint density at radius 2 is 1.78 bits per heavy atom. The van der Waals surface area contributed by atoms with E-state index in [1.54, 1.807) is 6.92 Å². The van der Waals surface area contributed by atoms with Crippen molar-refractivity contribution in [3.63, 3.8) is 0 Å². The van der Waals surface area contributed by atoms with E-state index in [1.807, 2.05) is 32.9 Å². The molecular weight excluding hydrogens is 344 g/mol. The highest BCUT2D eigenvalue weighted by Gasteiger charge is 2.19. The van der Waals surface area contributed by atoms with Crippen LogP contribution in [0.4, 0.5) is 4.79 Å². The molecule has 1 heterocycles. The number of nitrogens with zero attached hydrogens (tertiary/aromatic N) is 1. The second-order valence-corrected chi connectivity index (χ2v) is 7.95. The summed E-state index contributed by atoms with van der Waals surface area (Å²) in [5, 5.41) is 8.31. The summed E-state index contributed by atoms with van der Waals surface area (Å²) < 4.78 is 5.40. The number of ether oxygens (including phenoxy) is 1. The maximum Gasteiger partial charge on any atom is 0.321 e. The van der Waals surface area contributed by atoms with Gasteiger partial charge in [0, 0.05) is 31.7 Å². The van der Waals surface area contributed by atoms with Gasteiger partial charge in [0.2, 0.25) is 5.91 Å². The summed E-state index contributed by atoms with van der Waals surface area (Å²) >= 11 is 0. The number of hydrogen-bond donors (Lipinski definition) is 3. The van der Waals surface area contributed by atoms with Gasteiger partial charge in [0.05, 0.1) is 19.3 Å². The third kappa shape index (κ3) is 7.66. The highest BCUT2D eigenvalue weighted by atomic mass is 16.5. The minimum atomic E-state index is -0.479. The van der Waals surface area contributed by atoms with Gasteiger partial charge >= 0.3 is 6.03 Å². The lowest BCUT2D eigenvalue weighted by Crippen LogP contribution is -2.52. The van der Waals surface area contributed by atoms with Gasteiger partial charge in [0.1, 0.15) is 0 Å². The van der Waals surface area contributed by atoms with Crippen LogP contribution in [0.2, 0.25) is 0 Å². The molecule has 27 heavy (non-hydrogen) atoms. The van der Waals surface area contributed by atoms with E-state index in [1.165, 1.54) is 5.56 Å². The van der Waals surface area contributed by atoms with Crippen molar-refractivity contribution >= 4 is 11.9 Å². The molecule has 0 aliphatic carbocycles. The SMILES string of the molecule is CC(NCc1ccccc1CN1CCOCC1)C(=O)NC(=O)NC(C)(C)C. The molecule has 0 bridgehead atoms. The van der Waals surface area contributed by atoms with E-state index in [0.29, 0.717) is 6.54 Å². The van der Waals surface area contributed by atoms with E-state index in [0.717, 1.165) is 38.4 Å². The van der Waals surface area contributed by atoms with E-state index in [-0.39, 0.29) is 11.4 Å². The molecule has 2 rings (SSSR count). The molecule has 1 aliphatic heterocycles. The second-order valence-electron chi connectivity index (χ2n) is 7.95. The largest absolute Gasteiger partial charge is 0.379 e. The second kappa shape index (κ2) is 9.82. The predicted molar refractivity (Wildman–Crippen MR) is 105 cm³/mol. The minimum Gasteiger partial charge on any atom is -0.379 e. The van der Waals surface area contributed by atoms with Crippen LogP contribution < -0.4 is 16.0 Å². The summed E-state index contributed by atoms with van der Waals surface area (Å²) in [5.74, 6) is -0.345. The molecule has 0 radical (unpaired) electrons. The molecule has 1 atom stereocenters. The van der Waals surface area contributed by atoms with Crippen LogP contribution in [0.3, 0.4) is 0 Å². The van der Waals surface area contributed by atoms with Crippen molar-refractivity contribution in [2.75, 3.05) is 26.3 Å². The molecule has 3 N–H and O–H groups in total. The van der Waals surface area contributed by atoms with Crippen LogP contribution in [-0.2, 0) is 22.6 Å². The number of nitrogens with one attached hydrogen (secondary N) is 3. The molecule has 1 aromatic carbocycles. The molecule has 1 unspecified atom stereocenters. The number of hydrogen-bond acceptors (Lipinski definition) is 5. The van der Waals surface area contributed by atoms with E-state index in [4.69, 9.17) is 4.74 Å². The van der Waals surface area contributed by atoms with Gasteiger partial charge in [-0.15, -0.1) is 0 Å². The molecule has 0 spiro atoms. The normalized spacial score (nSPS) is 16.6. The van der Waals surface area contributed by atoms with Crippen molar-refractivity contribution in [1.82, 2.24) is 20.9 Å². The van der Waals surface area contributed by atoms with E-state index in [9.17, 15) is 9.59 Å². The summed E-state index contributed by atoms with van der Waals surface area (Å²) in [4.78, 5) is 26.4. The number of morpholine rings is 1. The van der Waals surface area contributed by atoms with Crippen LogP contribution in [0, 0.1) is 0 Å². The third-order valence-corrected chi connectivity index (χ3v) is 4.33. The van der Waals surface area contributed by atoms with Crippen molar-refractivity contribution in [3.8, 4) is 0 Å². The fourth-order valence-corrected chi connectivity index (χ4v) is 2.83. The van der Waals surface area contributed by atoms with Gasteiger partial charge in [-0.1, -0.05) is 24.3 Å². The van der Waals surface area contributed by atoms with Gasteiger partial charge in [0.25, 0.3) is 0 Å². The number of benzene rings is 1. The molecule has 1 aliphatic rings. The summed E-state index contributed by atoms with van der Waals surface area (Å²) in [6, 6.07) is 7.27. The van der Waals surface area contributed by atoms with Crippen LogP contribution in [0.25, 0.3) is 0 Å². The van der Waals surface area contributed by atoms with Gasteiger partial charge in [-0.3, -0.25) is 15.0 Å². The maximum atomic E-state index is 12.2. The number of carbonyl (C=O) groups excluding carboxylic acids is 2. The Morgan fingerprint density at radius 1 is 1.15 bits per heavy atom. The fourth-order valence-electron chi connectivity index (χ4n) is 2.83. The van der Waals surface area contributed by atoms with E-state index >= 15 is 0 Å². The van der Waals surface area contributed by atoms with Crippen molar-refractivity contribution < 1.29 is 14.3 Å². The zero-order valence-corrected chi connectivity index (χ0v) is 16.8. The molecule has 1 fully saturated rings. The molecule has 1 aromatic rings. The molecule has 150 valence electrons. The first-order valence-corrected chi connectivity index (χ1v) is 9.48. The molecule has 7 heteroatoms. The zero-order valence-electron chi connectivity index (χ0n) is 16.8. The molecule has 3 amide bonds. The fraction of sp³-hybridized carbons (Fsp3) is 0.600. The van der Waals surface area contributed by atoms with Crippen molar-refractivity contribution in [2.24, 2.45) is 0 Å². The highest BCUT2D eigenvalue weighted by molar-refractivity contribution is 5.97. The minimum absolute atomic E-state index is 0.345. The Morgan fingerprint density at radius 3 is 2.41 bits per heavy atom. The number of urea groups is 1. The maximum absolute atomic E-state index is 12.2. The molecule has 7 nitrogen and oxygen atoms in total. The van der Waals surface area contributed by atoms with Crippen LogP contribution in [0.5, 0.6) is 0 Å². The number of carbonyl (C=O) groups is 2. The Kier molecular flexibility index (Phi) is 7.77. The van der Waals surface area contributed by atoms with Crippen LogP contribution in [0.1, 0.15) is 38.8 Å². The Bertz CT molecular complexity index is 636. The lowest BCUT2D eigenvalue weighted by atomic mass is 10.1. The monoisotopic (exact) mass is 376 g/mol. The Hall–Kier alpha value is -1.96. The Balaban J connectivity index is 1.86. The molecule has 0 saturated carbocycles. The first kappa shape index (κ1) is 21.3. The first-order valence-electron chi connectivity index (χ1n) is 9.48.